The van der Waals surface area contributed by atoms with Gasteiger partial charge in [-0.25, -0.2) is 18.2 Å². The van der Waals surface area contributed by atoms with Gasteiger partial charge in [0.15, 0.2) is 17.5 Å². The highest BCUT2D eigenvalue weighted by Crippen LogP contribution is 2.24. The Morgan fingerprint density at radius 1 is 0.962 bits per heavy atom. The number of halogens is 4. The van der Waals surface area contributed by atoms with Crippen molar-refractivity contribution in [3.8, 4) is 0 Å². The summed E-state index contributed by atoms with van der Waals surface area (Å²) in [7, 11) is 0. The van der Waals surface area contributed by atoms with Crippen molar-refractivity contribution in [1.29, 1.82) is 0 Å². The molecule has 0 bridgehead atoms. The second-order valence-electron chi connectivity index (χ2n) is 5.21. The van der Waals surface area contributed by atoms with E-state index in [1.807, 2.05) is 0 Å². The van der Waals surface area contributed by atoms with E-state index in [1.54, 1.807) is 24.3 Å². The Kier molecular flexibility index (Phi) is 5.09. The van der Waals surface area contributed by atoms with Crippen molar-refractivity contribution in [3.05, 3.63) is 82.8 Å². The van der Waals surface area contributed by atoms with Gasteiger partial charge in [0.1, 0.15) is 5.82 Å². The lowest BCUT2D eigenvalue weighted by molar-refractivity contribution is 0.102. The van der Waals surface area contributed by atoms with Gasteiger partial charge in [0, 0.05) is 0 Å². The zero-order valence-corrected chi connectivity index (χ0v) is 13.8. The molecule has 3 rings (SSSR count). The minimum absolute atomic E-state index is 0.237. The van der Waals surface area contributed by atoms with Crippen molar-refractivity contribution in [2.75, 3.05) is 10.6 Å². The van der Waals surface area contributed by atoms with Gasteiger partial charge in [-0.1, -0.05) is 23.7 Å². The van der Waals surface area contributed by atoms with Gasteiger partial charge < -0.3 is 10.6 Å². The molecule has 0 saturated carbocycles. The number of aromatic nitrogens is 1. The second-order valence-corrected chi connectivity index (χ2v) is 5.62. The van der Waals surface area contributed by atoms with E-state index in [0.717, 1.165) is 12.1 Å². The van der Waals surface area contributed by atoms with Crippen LogP contribution in [0.5, 0.6) is 0 Å². The molecular formula is C18H11ClF3N3O. The van der Waals surface area contributed by atoms with Crippen LogP contribution >= 0.6 is 11.6 Å². The SMILES string of the molecule is O=C(Nc1ccc(Nc2ccc(F)c(F)c2F)cn1)c1ccccc1Cl. The third kappa shape index (κ3) is 3.78. The molecule has 2 N–H and O–H groups in total. The number of carbonyl (C=O) groups excluding carboxylic acids is 1. The quantitative estimate of drug-likeness (QED) is 0.618. The van der Waals surface area contributed by atoms with Crippen LogP contribution in [0.4, 0.5) is 30.4 Å². The van der Waals surface area contributed by atoms with Crippen LogP contribution in [0.15, 0.2) is 54.7 Å². The van der Waals surface area contributed by atoms with Crippen molar-refractivity contribution in [3.63, 3.8) is 0 Å². The first-order valence-corrected chi connectivity index (χ1v) is 7.76. The molecule has 8 heteroatoms. The average Bonchev–Trinajstić information content (AvgIpc) is 2.64. The average molecular weight is 378 g/mol. The number of amides is 1. The molecule has 0 aliphatic heterocycles. The normalized spacial score (nSPS) is 10.5. The van der Waals surface area contributed by atoms with Crippen LogP contribution in [0.3, 0.4) is 0 Å². The van der Waals surface area contributed by atoms with Crippen molar-refractivity contribution >= 4 is 34.7 Å². The maximum Gasteiger partial charge on any atom is 0.258 e. The first kappa shape index (κ1) is 17.8. The summed E-state index contributed by atoms with van der Waals surface area (Å²) in [6, 6.07) is 11.4. The molecule has 2 aromatic carbocycles. The van der Waals surface area contributed by atoms with E-state index in [0.29, 0.717) is 16.3 Å². The molecule has 0 unspecified atom stereocenters. The van der Waals surface area contributed by atoms with E-state index in [4.69, 9.17) is 11.6 Å². The second kappa shape index (κ2) is 7.45. The van der Waals surface area contributed by atoms with Gasteiger partial charge >= 0.3 is 0 Å². The summed E-state index contributed by atoms with van der Waals surface area (Å²) in [6.45, 7) is 0. The molecular weight excluding hydrogens is 367 g/mol. The van der Waals surface area contributed by atoms with Gasteiger partial charge in [-0.2, -0.15) is 0 Å². The Morgan fingerprint density at radius 3 is 2.42 bits per heavy atom. The molecule has 1 amide bonds. The topological polar surface area (TPSA) is 54.0 Å². The van der Waals surface area contributed by atoms with E-state index in [-0.39, 0.29) is 11.5 Å². The lowest BCUT2D eigenvalue weighted by Gasteiger charge is -2.10. The monoisotopic (exact) mass is 377 g/mol. The molecule has 4 nitrogen and oxygen atoms in total. The van der Waals surface area contributed by atoms with E-state index < -0.39 is 23.4 Å². The summed E-state index contributed by atoms with van der Waals surface area (Å²) in [4.78, 5) is 16.2. The van der Waals surface area contributed by atoms with Crippen molar-refractivity contribution in [2.45, 2.75) is 0 Å². The third-order valence-corrected chi connectivity index (χ3v) is 3.77. The lowest BCUT2D eigenvalue weighted by Crippen LogP contribution is -2.13. The summed E-state index contributed by atoms with van der Waals surface area (Å²) in [5.41, 5.74) is 0.381. The number of nitrogens with zero attached hydrogens (tertiary/aromatic N) is 1. The Hall–Kier alpha value is -3.06. The number of carbonyl (C=O) groups is 1. The van der Waals surface area contributed by atoms with Crippen molar-refractivity contribution < 1.29 is 18.0 Å². The van der Waals surface area contributed by atoms with Crippen LogP contribution in [-0.2, 0) is 0 Å². The van der Waals surface area contributed by atoms with E-state index in [9.17, 15) is 18.0 Å². The van der Waals surface area contributed by atoms with Crippen LogP contribution < -0.4 is 10.6 Å². The summed E-state index contributed by atoms with van der Waals surface area (Å²) >= 11 is 5.96. The number of nitrogens with one attached hydrogen (secondary N) is 2. The molecule has 26 heavy (non-hydrogen) atoms. The fraction of sp³-hybridized carbons (Fsp3) is 0. The highest BCUT2D eigenvalue weighted by molar-refractivity contribution is 6.34. The molecule has 0 fully saturated rings. The van der Waals surface area contributed by atoms with E-state index in [1.165, 1.54) is 18.3 Å². The molecule has 1 aromatic heterocycles. The molecule has 0 radical (unpaired) electrons. The molecule has 0 atom stereocenters. The molecule has 1 heterocycles. The highest BCUT2D eigenvalue weighted by Gasteiger charge is 2.14. The van der Waals surface area contributed by atoms with Gasteiger partial charge in [-0.15, -0.1) is 0 Å². The molecule has 132 valence electrons. The molecule has 3 aromatic rings. The van der Waals surface area contributed by atoms with Crippen molar-refractivity contribution in [1.82, 2.24) is 4.98 Å². The smallest absolute Gasteiger partial charge is 0.258 e. The van der Waals surface area contributed by atoms with Gasteiger partial charge in [-0.05, 0) is 36.4 Å². The van der Waals surface area contributed by atoms with Crippen LogP contribution in [0.1, 0.15) is 10.4 Å². The van der Waals surface area contributed by atoms with E-state index >= 15 is 0 Å². The Bertz CT molecular complexity index is 964. The minimum Gasteiger partial charge on any atom is -0.352 e. The number of hydrogen-bond acceptors (Lipinski definition) is 3. The summed E-state index contributed by atoms with van der Waals surface area (Å²) in [5, 5.41) is 5.46. The number of pyridine rings is 1. The molecule has 0 aliphatic carbocycles. The minimum atomic E-state index is -1.56. The van der Waals surface area contributed by atoms with Crippen LogP contribution in [0.25, 0.3) is 0 Å². The zero-order chi connectivity index (χ0) is 18.7. The predicted molar refractivity (Wildman–Crippen MR) is 93.2 cm³/mol. The highest BCUT2D eigenvalue weighted by atomic mass is 35.5. The van der Waals surface area contributed by atoms with Gasteiger partial charge in [0.25, 0.3) is 5.91 Å². The summed E-state index contributed by atoms with van der Waals surface area (Å²) in [6.07, 6.45) is 1.31. The fourth-order valence-corrected chi connectivity index (χ4v) is 2.37. The van der Waals surface area contributed by atoms with Crippen LogP contribution in [0.2, 0.25) is 5.02 Å². The fourth-order valence-electron chi connectivity index (χ4n) is 2.15. The van der Waals surface area contributed by atoms with Gasteiger partial charge in [0.2, 0.25) is 0 Å². The Morgan fingerprint density at radius 2 is 1.73 bits per heavy atom. The van der Waals surface area contributed by atoms with E-state index in [2.05, 4.69) is 15.6 Å². The predicted octanol–water partition coefficient (Wildman–Crippen LogP) is 5.15. The number of rotatable bonds is 4. The van der Waals surface area contributed by atoms with Gasteiger partial charge in [0.05, 0.1) is 28.2 Å². The third-order valence-electron chi connectivity index (χ3n) is 3.44. The number of hydrogen-bond donors (Lipinski definition) is 2. The Balaban J connectivity index is 1.72. The first-order chi connectivity index (χ1) is 12.5. The zero-order valence-electron chi connectivity index (χ0n) is 13.1. The lowest BCUT2D eigenvalue weighted by atomic mass is 10.2. The maximum absolute atomic E-state index is 13.7. The standard InChI is InChI=1S/C18H11ClF3N3O/c19-12-4-2-1-3-11(12)18(26)25-15-8-5-10(9-23-15)24-14-7-6-13(20)16(21)17(14)22/h1-9,24H,(H,23,25,26). The maximum atomic E-state index is 13.7. The van der Waals surface area contributed by atoms with Crippen molar-refractivity contribution in [2.24, 2.45) is 0 Å². The molecule has 0 spiro atoms. The van der Waals surface area contributed by atoms with Crippen LogP contribution in [-0.4, -0.2) is 10.9 Å². The van der Waals surface area contributed by atoms with Crippen LogP contribution in [0, 0.1) is 17.5 Å². The summed E-state index contributed by atoms with van der Waals surface area (Å²) < 4.78 is 39.8. The molecule has 0 aliphatic rings. The summed E-state index contributed by atoms with van der Waals surface area (Å²) in [5.74, 6) is -4.36. The Labute approximate surface area is 151 Å². The number of anilines is 3. The first-order valence-electron chi connectivity index (χ1n) is 7.38. The largest absolute Gasteiger partial charge is 0.352 e. The molecule has 0 saturated heterocycles. The number of benzene rings is 2. The van der Waals surface area contributed by atoms with Gasteiger partial charge in [-0.3, -0.25) is 4.79 Å².